The third-order valence-electron chi connectivity index (χ3n) is 5.88. The minimum absolute atomic E-state index is 0. The van der Waals surface area contributed by atoms with E-state index in [-0.39, 0.29) is 29.3 Å². The number of rotatable bonds is 7. The van der Waals surface area contributed by atoms with Crippen molar-refractivity contribution in [2.75, 3.05) is 17.8 Å². The molecule has 0 bridgehead atoms. The molecular formula is C26H30ClN3O3S. The lowest BCUT2D eigenvalue weighted by molar-refractivity contribution is 0.0908. The Morgan fingerprint density at radius 1 is 0.941 bits per heavy atom. The van der Waals surface area contributed by atoms with Crippen LogP contribution in [0.3, 0.4) is 0 Å². The van der Waals surface area contributed by atoms with Crippen molar-refractivity contribution < 1.29 is 13.2 Å². The van der Waals surface area contributed by atoms with Gasteiger partial charge in [0.25, 0.3) is 15.9 Å². The van der Waals surface area contributed by atoms with E-state index < -0.39 is 10.0 Å². The van der Waals surface area contributed by atoms with Crippen molar-refractivity contribution in [2.45, 2.75) is 37.2 Å². The van der Waals surface area contributed by atoms with Crippen LogP contribution in [0.2, 0.25) is 0 Å². The Bertz CT molecular complexity index is 1190. The van der Waals surface area contributed by atoms with Crippen LogP contribution in [0.4, 0.5) is 5.69 Å². The maximum atomic E-state index is 12.8. The average Bonchev–Trinajstić information content (AvgIpc) is 2.82. The quantitative estimate of drug-likeness (QED) is 0.497. The first-order chi connectivity index (χ1) is 15.9. The summed E-state index contributed by atoms with van der Waals surface area (Å²) in [7, 11) is -3.79. The van der Waals surface area contributed by atoms with Gasteiger partial charge in [-0.2, -0.15) is 0 Å². The predicted molar refractivity (Wildman–Crippen MR) is 138 cm³/mol. The summed E-state index contributed by atoms with van der Waals surface area (Å²) in [5.74, 6) is -0.246. The van der Waals surface area contributed by atoms with Crippen molar-refractivity contribution in [3.05, 3.63) is 95.6 Å². The zero-order chi connectivity index (χ0) is 23.3. The summed E-state index contributed by atoms with van der Waals surface area (Å²) in [5, 5.41) is 3.07. The number of nitrogens with one attached hydrogen (secondary N) is 2. The van der Waals surface area contributed by atoms with Crippen molar-refractivity contribution in [1.82, 2.24) is 10.2 Å². The number of hydrogen-bond donors (Lipinski definition) is 2. The molecule has 1 heterocycles. The molecule has 1 fully saturated rings. The van der Waals surface area contributed by atoms with E-state index in [1.165, 1.54) is 17.7 Å². The van der Waals surface area contributed by atoms with Crippen LogP contribution in [0, 0.1) is 6.92 Å². The molecule has 0 spiro atoms. The predicted octanol–water partition coefficient (Wildman–Crippen LogP) is 4.61. The van der Waals surface area contributed by atoms with Crippen LogP contribution < -0.4 is 10.0 Å². The van der Waals surface area contributed by atoms with Crippen LogP contribution in [0.25, 0.3) is 0 Å². The molecule has 0 unspecified atom stereocenters. The molecule has 0 radical (unpaired) electrons. The highest BCUT2D eigenvalue weighted by Gasteiger charge is 2.22. The van der Waals surface area contributed by atoms with E-state index >= 15 is 0 Å². The van der Waals surface area contributed by atoms with Gasteiger partial charge in [0.1, 0.15) is 0 Å². The van der Waals surface area contributed by atoms with Crippen LogP contribution in [-0.4, -0.2) is 38.4 Å². The van der Waals surface area contributed by atoms with E-state index in [2.05, 4.69) is 27.1 Å². The SMILES string of the molecule is Cc1ccc(NS(=O)(=O)c2cccc(C(=O)NC3CCN(Cc4ccccc4)CC3)c2)cc1.Cl. The van der Waals surface area contributed by atoms with Crippen LogP contribution in [0.5, 0.6) is 0 Å². The van der Waals surface area contributed by atoms with Gasteiger partial charge >= 0.3 is 0 Å². The standard InChI is InChI=1S/C26H29N3O3S.ClH/c1-20-10-12-24(13-11-20)28-33(31,32)25-9-5-8-22(18-25)26(30)27-23-14-16-29(17-15-23)19-21-6-3-2-4-7-21;/h2-13,18,23,28H,14-17,19H2,1H3,(H,27,30);1H. The Hall–Kier alpha value is -2.87. The van der Waals surface area contributed by atoms with Crippen LogP contribution in [0.15, 0.2) is 83.8 Å². The number of piperidine rings is 1. The fourth-order valence-electron chi connectivity index (χ4n) is 3.99. The van der Waals surface area contributed by atoms with E-state index in [0.29, 0.717) is 11.3 Å². The molecule has 0 saturated carbocycles. The number of aryl methyl sites for hydroxylation is 1. The number of amides is 1. The third kappa shape index (κ3) is 6.82. The van der Waals surface area contributed by atoms with E-state index in [9.17, 15) is 13.2 Å². The number of benzene rings is 3. The lowest BCUT2D eigenvalue weighted by atomic mass is 10.0. The Morgan fingerprint density at radius 2 is 1.62 bits per heavy atom. The summed E-state index contributed by atoms with van der Waals surface area (Å²) in [4.78, 5) is 15.3. The number of likely N-dealkylation sites (tertiary alicyclic amines) is 1. The topological polar surface area (TPSA) is 78.5 Å². The summed E-state index contributed by atoms with van der Waals surface area (Å²) in [6.07, 6.45) is 1.73. The second-order valence-electron chi connectivity index (χ2n) is 8.51. The van der Waals surface area contributed by atoms with Crippen LogP contribution >= 0.6 is 12.4 Å². The Balaban J connectivity index is 0.00000324. The average molecular weight is 500 g/mol. The van der Waals surface area contributed by atoms with E-state index in [1.807, 2.05) is 37.3 Å². The van der Waals surface area contributed by atoms with Crippen molar-refractivity contribution >= 4 is 34.0 Å². The maximum absolute atomic E-state index is 12.8. The van der Waals surface area contributed by atoms with E-state index in [1.54, 1.807) is 24.3 Å². The number of anilines is 1. The zero-order valence-electron chi connectivity index (χ0n) is 19.1. The van der Waals surface area contributed by atoms with E-state index in [0.717, 1.165) is 38.0 Å². The number of hydrogen-bond acceptors (Lipinski definition) is 4. The molecule has 1 aliphatic heterocycles. The fourth-order valence-corrected chi connectivity index (χ4v) is 5.09. The highest BCUT2D eigenvalue weighted by Crippen LogP contribution is 2.19. The first-order valence-electron chi connectivity index (χ1n) is 11.2. The largest absolute Gasteiger partial charge is 0.349 e. The fraction of sp³-hybridized carbons (Fsp3) is 0.269. The number of nitrogens with zero attached hydrogens (tertiary/aromatic N) is 1. The van der Waals surface area contributed by atoms with E-state index in [4.69, 9.17) is 0 Å². The summed E-state index contributed by atoms with van der Waals surface area (Å²) >= 11 is 0. The molecule has 1 aliphatic rings. The second kappa shape index (κ2) is 11.5. The van der Waals surface area contributed by atoms with Gasteiger partial charge in [0, 0.05) is 36.9 Å². The number of carbonyl (C=O) groups excluding carboxylic acids is 1. The molecule has 4 rings (SSSR count). The molecule has 180 valence electrons. The first-order valence-corrected chi connectivity index (χ1v) is 12.6. The van der Waals surface area contributed by atoms with Crippen molar-refractivity contribution in [2.24, 2.45) is 0 Å². The van der Waals surface area contributed by atoms with Gasteiger partial charge < -0.3 is 5.32 Å². The molecule has 2 N–H and O–H groups in total. The van der Waals surface area contributed by atoms with Crippen molar-refractivity contribution in [1.29, 1.82) is 0 Å². The van der Waals surface area contributed by atoms with Crippen LogP contribution in [-0.2, 0) is 16.6 Å². The highest BCUT2D eigenvalue weighted by atomic mass is 35.5. The Kier molecular flexibility index (Phi) is 8.72. The molecule has 3 aromatic rings. The van der Waals surface area contributed by atoms with Gasteiger partial charge in [0.05, 0.1) is 4.90 Å². The summed E-state index contributed by atoms with van der Waals surface area (Å²) in [5.41, 5.74) is 3.16. The number of halogens is 1. The summed E-state index contributed by atoms with van der Waals surface area (Å²) < 4.78 is 28.1. The molecule has 0 aromatic heterocycles. The number of sulfonamides is 1. The Labute approximate surface area is 207 Å². The van der Waals surface area contributed by atoms with Crippen LogP contribution in [0.1, 0.15) is 34.3 Å². The molecule has 34 heavy (non-hydrogen) atoms. The molecule has 6 nitrogen and oxygen atoms in total. The van der Waals surface area contributed by atoms with Gasteiger partial charge in [-0.05, 0) is 55.7 Å². The molecule has 1 amide bonds. The van der Waals surface area contributed by atoms with Crippen molar-refractivity contribution in [3.63, 3.8) is 0 Å². The minimum Gasteiger partial charge on any atom is -0.349 e. The summed E-state index contributed by atoms with van der Waals surface area (Å²) in [6.45, 7) is 4.67. The zero-order valence-corrected chi connectivity index (χ0v) is 20.7. The van der Waals surface area contributed by atoms with Gasteiger partial charge in [-0.3, -0.25) is 14.4 Å². The molecule has 3 aromatic carbocycles. The van der Waals surface area contributed by atoms with Crippen molar-refractivity contribution in [3.8, 4) is 0 Å². The minimum atomic E-state index is -3.79. The number of carbonyl (C=O) groups is 1. The van der Waals surface area contributed by atoms with Gasteiger partial charge in [-0.25, -0.2) is 8.42 Å². The summed E-state index contributed by atoms with van der Waals surface area (Å²) in [6, 6.07) is 23.7. The smallest absolute Gasteiger partial charge is 0.261 e. The van der Waals surface area contributed by atoms with Gasteiger partial charge in [0.15, 0.2) is 0 Å². The molecule has 0 aliphatic carbocycles. The first kappa shape index (κ1) is 25.7. The van der Waals surface area contributed by atoms with Gasteiger partial charge in [0.2, 0.25) is 0 Å². The van der Waals surface area contributed by atoms with Gasteiger partial charge in [-0.15, -0.1) is 12.4 Å². The maximum Gasteiger partial charge on any atom is 0.261 e. The normalized spacial score (nSPS) is 14.7. The molecule has 8 heteroatoms. The Morgan fingerprint density at radius 3 is 2.29 bits per heavy atom. The molecular weight excluding hydrogens is 470 g/mol. The molecule has 1 saturated heterocycles. The highest BCUT2D eigenvalue weighted by molar-refractivity contribution is 7.92. The monoisotopic (exact) mass is 499 g/mol. The molecule has 0 atom stereocenters. The lowest BCUT2D eigenvalue weighted by Gasteiger charge is -2.32. The lowest BCUT2D eigenvalue weighted by Crippen LogP contribution is -2.44. The second-order valence-corrected chi connectivity index (χ2v) is 10.2. The third-order valence-corrected chi connectivity index (χ3v) is 7.26. The van der Waals surface area contributed by atoms with Gasteiger partial charge in [-0.1, -0.05) is 54.1 Å².